The second kappa shape index (κ2) is 12.0. The number of esters is 1. The zero-order valence-corrected chi connectivity index (χ0v) is 23.9. The first-order valence-corrected chi connectivity index (χ1v) is 13.3. The van der Waals surface area contributed by atoms with E-state index in [0.717, 1.165) is 16.9 Å². The van der Waals surface area contributed by atoms with Crippen molar-refractivity contribution >= 4 is 57.5 Å². The maximum absolute atomic E-state index is 12.8. The molecule has 2 amide bonds. The highest BCUT2D eigenvalue weighted by Gasteiger charge is 2.27. The topological polar surface area (TPSA) is 116 Å². The molecular formula is C24H28ClN5O5S2. The SMILES string of the molecule is COC(=O)c1c(NC(=O)CSc2nnc(C(C)Oc3cc(C)ccc3Cl)n2C)sc(C(=O)N(C)C)c1C. The third kappa shape index (κ3) is 6.43. The number of rotatable bonds is 9. The number of thiophene rings is 1. The van der Waals surface area contributed by atoms with Crippen LogP contribution in [0.1, 0.15) is 50.0 Å². The average Bonchev–Trinajstić information content (AvgIpc) is 3.37. The predicted molar refractivity (Wildman–Crippen MR) is 144 cm³/mol. The molecule has 0 bridgehead atoms. The van der Waals surface area contributed by atoms with Gasteiger partial charge in [0, 0.05) is 21.1 Å². The summed E-state index contributed by atoms with van der Waals surface area (Å²) in [4.78, 5) is 39.4. The number of hydrogen-bond acceptors (Lipinski definition) is 9. The zero-order chi connectivity index (χ0) is 27.4. The number of nitrogens with one attached hydrogen (secondary N) is 1. The minimum Gasteiger partial charge on any atom is -0.481 e. The fourth-order valence-electron chi connectivity index (χ4n) is 3.40. The number of carbonyl (C=O) groups excluding carboxylic acids is 3. The molecule has 0 radical (unpaired) electrons. The van der Waals surface area contributed by atoms with Crippen molar-refractivity contribution < 1.29 is 23.9 Å². The number of ether oxygens (including phenoxy) is 2. The average molecular weight is 566 g/mol. The molecule has 0 saturated carbocycles. The first kappa shape index (κ1) is 28.5. The second-order valence-electron chi connectivity index (χ2n) is 8.38. The Kier molecular flexibility index (Phi) is 9.21. The molecule has 10 nitrogen and oxygen atoms in total. The number of nitrogens with zero attached hydrogens (tertiary/aromatic N) is 4. The number of methoxy groups -OCH3 is 1. The van der Waals surface area contributed by atoms with Crippen molar-refractivity contribution in [2.24, 2.45) is 7.05 Å². The fraction of sp³-hybridized carbons (Fsp3) is 0.375. The standard InChI is InChI=1S/C24H28ClN5O5S2/c1-12-8-9-15(25)16(10-12)35-14(3)20-27-28-24(30(20)6)36-11-17(31)26-21-18(23(33)34-7)13(2)19(37-21)22(32)29(4)5/h8-10,14H,11H2,1-7H3,(H,26,31). The fourth-order valence-corrected chi connectivity index (χ4v) is 5.51. The number of anilines is 1. The monoisotopic (exact) mass is 565 g/mol. The largest absolute Gasteiger partial charge is 0.481 e. The molecule has 0 spiro atoms. The van der Waals surface area contributed by atoms with Crippen molar-refractivity contribution in [1.82, 2.24) is 19.7 Å². The van der Waals surface area contributed by atoms with E-state index in [-0.39, 0.29) is 28.1 Å². The highest BCUT2D eigenvalue weighted by Crippen LogP contribution is 2.35. The van der Waals surface area contributed by atoms with Crippen molar-refractivity contribution in [2.75, 3.05) is 32.3 Å². The lowest BCUT2D eigenvalue weighted by molar-refractivity contribution is -0.113. The van der Waals surface area contributed by atoms with Crippen LogP contribution in [0.2, 0.25) is 5.02 Å². The van der Waals surface area contributed by atoms with Gasteiger partial charge in [0.05, 0.1) is 28.3 Å². The van der Waals surface area contributed by atoms with Gasteiger partial charge >= 0.3 is 5.97 Å². The van der Waals surface area contributed by atoms with Gasteiger partial charge in [-0.15, -0.1) is 21.5 Å². The van der Waals surface area contributed by atoms with Gasteiger partial charge in [-0.2, -0.15) is 0 Å². The Morgan fingerprint density at radius 3 is 2.59 bits per heavy atom. The normalized spacial score (nSPS) is 11.7. The van der Waals surface area contributed by atoms with E-state index in [0.29, 0.717) is 32.2 Å². The second-order valence-corrected chi connectivity index (χ2v) is 10.8. The molecule has 0 fully saturated rings. The first-order valence-electron chi connectivity index (χ1n) is 11.1. The number of aryl methyl sites for hydroxylation is 1. The molecule has 2 heterocycles. The number of halogens is 1. The Bertz CT molecular complexity index is 1340. The summed E-state index contributed by atoms with van der Waals surface area (Å²) in [5, 5.41) is 12.4. The number of amides is 2. The Morgan fingerprint density at radius 1 is 1.24 bits per heavy atom. The molecule has 1 unspecified atom stereocenters. The zero-order valence-electron chi connectivity index (χ0n) is 21.5. The van der Waals surface area contributed by atoms with Crippen molar-refractivity contribution in [3.63, 3.8) is 0 Å². The molecular weight excluding hydrogens is 538 g/mol. The first-order chi connectivity index (χ1) is 17.4. The van der Waals surface area contributed by atoms with E-state index in [4.69, 9.17) is 21.1 Å². The molecule has 198 valence electrons. The molecule has 37 heavy (non-hydrogen) atoms. The molecule has 0 aliphatic rings. The Hall–Kier alpha value is -3.09. The van der Waals surface area contributed by atoms with Crippen molar-refractivity contribution in [1.29, 1.82) is 0 Å². The molecule has 0 aliphatic heterocycles. The lowest BCUT2D eigenvalue weighted by Crippen LogP contribution is -2.21. The molecule has 1 aromatic carbocycles. The van der Waals surface area contributed by atoms with Crippen molar-refractivity contribution in [3.05, 3.63) is 50.6 Å². The van der Waals surface area contributed by atoms with Crippen LogP contribution in [0.5, 0.6) is 5.75 Å². The minimum absolute atomic E-state index is 0.000555. The molecule has 2 aromatic heterocycles. The van der Waals surface area contributed by atoms with E-state index in [1.807, 2.05) is 26.0 Å². The van der Waals surface area contributed by atoms with Crippen LogP contribution in [0.15, 0.2) is 23.4 Å². The Labute approximate surface area is 228 Å². The summed E-state index contributed by atoms with van der Waals surface area (Å²) < 4.78 is 12.6. The van der Waals surface area contributed by atoms with Gasteiger partial charge in [-0.1, -0.05) is 29.4 Å². The van der Waals surface area contributed by atoms with Gasteiger partial charge in [-0.05, 0) is 44.0 Å². The van der Waals surface area contributed by atoms with Crippen LogP contribution in [-0.4, -0.2) is 64.4 Å². The smallest absolute Gasteiger partial charge is 0.341 e. The van der Waals surface area contributed by atoms with Crippen molar-refractivity contribution in [3.8, 4) is 5.75 Å². The maximum Gasteiger partial charge on any atom is 0.341 e. The lowest BCUT2D eigenvalue weighted by Gasteiger charge is -2.15. The lowest BCUT2D eigenvalue weighted by atomic mass is 10.1. The molecule has 0 aliphatic carbocycles. The molecule has 1 N–H and O–H groups in total. The van der Waals surface area contributed by atoms with E-state index >= 15 is 0 Å². The number of aromatic nitrogens is 3. The number of thioether (sulfide) groups is 1. The molecule has 0 saturated heterocycles. The molecule has 13 heteroatoms. The highest BCUT2D eigenvalue weighted by atomic mass is 35.5. The highest BCUT2D eigenvalue weighted by molar-refractivity contribution is 7.99. The quantitative estimate of drug-likeness (QED) is 0.298. The van der Waals surface area contributed by atoms with Crippen molar-refractivity contribution in [2.45, 2.75) is 32.0 Å². The predicted octanol–water partition coefficient (Wildman–Crippen LogP) is 4.51. The molecule has 3 aromatic rings. The van der Waals surface area contributed by atoms with Gasteiger partial charge in [-0.25, -0.2) is 4.79 Å². The maximum atomic E-state index is 12.8. The van der Waals surface area contributed by atoms with Gasteiger partial charge in [0.2, 0.25) is 5.91 Å². The summed E-state index contributed by atoms with van der Waals surface area (Å²) >= 11 is 8.45. The third-order valence-electron chi connectivity index (χ3n) is 5.34. The van der Waals surface area contributed by atoms with Crippen LogP contribution >= 0.6 is 34.7 Å². The summed E-state index contributed by atoms with van der Waals surface area (Å²) in [6, 6.07) is 5.52. The van der Waals surface area contributed by atoms with E-state index in [1.54, 1.807) is 38.7 Å². The van der Waals surface area contributed by atoms with Crippen LogP contribution in [-0.2, 0) is 16.6 Å². The van der Waals surface area contributed by atoms with E-state index in [2.05, 4.69) is 15.5 Å². The van der Waals surface area contributed by atoms with Gasteiger partial charge in [-0.3, -0.25) is 9.59 Å². The van der Waals surface area contributed by atoms with Crippen LogP contribution in [0.3, 0.4) is 0 Å². The molecule has 3 rings (SSSR count). The van der Waals surface area contributed by atoms with Crippen LogP contribution in [0, 0.1) is 13.8 Å². The van der Waals surface area contributed by atoms with E-state index < -0.39 is 12.1 Å². The van der Waals surface area contributed by atoms with Crippen LogP contribution in [0.25, 0.3) is 0 Å². The van der Waals surface area contributed by atoms with Gasteiger partial charge in [0.15, 0.2) is 17.1 Å². The Balaban J connectivity index is 1.71. The molecule has 1 atom stereocenters. The summed E-state index contributed by atoms with van der Waals surface area (Å²) in [5.41, 5.74) is 1.64. The number of hydrogen-bond donors (Lipinski definition) is 1. The van der Waals surface area contributed by atoms with Crippen LogP contribution < -0.4 is 10.1 Å². The summed E-state index contributed by atoms with van der Waals surface area (Å²) in [7, 11) is 6.26. The minimum atomic E-state index is -0.629. The third-order valence-corrected chi connectivity index (χ3v) is 7.87. The number of carbonyl (C=O) groups is 3. The van der Waals surface area contributed by atoms with E-state index in [1.165, 1.54) is 23.8 Å². The summed E-state index contributed by atoms with van der Waals surface area (Å²) in [5.74, 6) is -0.160. The number of benzene rings is 1. The van der Waals surface area contributed by atoms with Gasteiger partial charge in [0.25, 0.3) is 5.91 Å². The van der Waals surface area contributed by atoms with E-state index in [9.17, 15) is 14.4 Å². The summed E-state index contributed by atoms with van der Waals surface area (Å²) in [6.45, 7) is 5.44. The van der Waals surface area contributed by atoms with Crippen LogP contribution in [0.4, 0.5) is 5.00 Å². The van der Waals surface area contributed by atoms with Gasteiger partial charge in [0.1, 0.15) is 10.8 Å². The van der Waals surface area contributed by atoms with Gasteiger partial charge < -0.3 is 24.3 Å². The summed E-state index contributed by atoms with van der Waals surface area (Å²) in [6.07, 6.45) is -0.440. The Morgan fingerprint density at radius 2 is 1.95 bits per heavy atom.